The molecule has 1 N–H and O–H groups in total. The highest BCUT2D eigenvalue weighted by atomic mass is 32.1. The van der Waals surface area contributed by atoms with Crippen molar-refractivity contribution in [2.75, 3.05) is 31.6 Å². The van der Waals surface area contributed by atoms with E-state index in [2.05, 4.69) is 59.8 Å². The number of nitrogens with zero attached hydrogens (tertiary/aromatic N) is 2. The van der Waals surface area contributed by atoms with Crippen LogP contribution in [0.25, 0.3) is 11.3 Å². The molecule has 1 aliphatic carbocycles. The van der Waals surface area contributed by atoms with Crippen LogP contribution in [0.15, 0.2) is 35.7 Å². The Morgan fingerprint density at radius 3 is 3.03 bits per heavy atom. The van der Waals surface area contributed by atoms with Crippen molar-refractivity contribution >= 4 is 22.4 Å². The Morgan fingerprint density at radius 1 is 1.29 bits per heavy atom. The lowest BCUT2D eigenvalue weighted by molar-refractivity contribution is -0.146. The fourth-order valence-electron chi connectivity index (χ4n) is 5.85. The van der Waals surface area contributed by atoms with E-state index in [1.54, 1.807) is 11.3 Å². The second kappa shape index (κ2) is 8.64. The average Bonchev–Trinajstić information content (AvgIpc) is 3.21. The van der Waals surface area contributed by atoms with E-state index in [0.717, 1.165) is 60.2 Å². The van der Waals surface area contributed by atoms with Crippen molar-refractivity contribution in [3.05, 3.63) is 63.5 Å². The number of thiazole rings is 1. The number of ether oxygens (including phenoxy) is 2. The predicted octanol–water partition coefficient (Wildman–Crippen LogP) is 4.65. The number of nitrogens with one attached hydrogen (secondary N) is 1. The van der Waals surface area contributed by atoms with Gasteiger partial charge in [-0.3, -0.25) is 4.79 Å². The monoisotopic (exact) mass is 489 g/mol. The van der Waals surface area contributed by atoms with Crippen LogP contribution in [0.5, 0.6) is 5.75 Å². The fourth-order valence-corrected chi connectivity index (χ4v) is 6.68. The molecule has 0 spiro atoms. The van der Waals surface area contributed by atoms with Crippen LogP contribution in [0, 0.1) is 25.2 Å². The molecule has 1 aromatic heterocycles. The molecule has 3 aliphatic rings. The number of carbonyl (C=O) groups excluding carboxylic acids is 1. The van der Waals surface area contributed by atoms with Gasteiger partial charge in [-0.2, -0.15) is 0 Å². The van der Waals surface area contributed by atoms with Gasteiger partial charge in [0.05, 0.1) is 18.2 Å². The van der Waals surface area contributed by atoms with E-state index in [0.29, 0.717) is 19.1 Å². The third-order valence-electron chi connectivity index (χ3n) is 8.04. The minimum absolute atomic E-state index is 0.0788. The second-order valence-electron chi connectivity index (χ2n) is 10.1. The van der Waals surface area contributed by atoms with Crippen LogP contribution < -0.4 is 15.0 Å². The molecular weight excluding hydrogens is 458 g/mol. The third-order valence-corrected chi connectivity index (χ3v) is 8.94. The first kappa shape index (κ1) is 22.6. The topological polar surface area (TPSA) is 63.7 Å². The van der Waals surface area contributed by atoms with Gasteiger partial charge in [0.1, 0.15) is 12.4 Å². The number of aryl methyl sites for hydroxylation is 1. The highest BCUT2D eigenvalue weighted by molar-refractivity contribution is 7.14. The van der Waals surface area contributed by atoms with Gasteiger partial charge >= 0.3 is 5.97 Å². The first-order valence-electron chi connectivity index (χ1n) is 12.3. The van der Waals surface area contributed by atoms with Crippen molar-refractivity contribution in [1.29, 1.82) is 0 Å². The van der Waals surface area contributed by atoms with E-state index in [1.165, 1.54) is 29.4 Å². The summed E-state index contributed by atoms with van der Waals surface area (Å²) in [4.78, 5) is 19.5. The van der Waals surface area contributed by atoms with Gasteiger partial charge in [-0.25, -0.2) is 4.98 Å². The van der Waals surface area contributed by atoms with Crippen molar-refractivity contribution in [2.45, 2.75) is 39.8 Å². The number of benzene rings is 2. The smallest absolute Gasteiger partial charge is 0.313 e. The van der Waals surface area contributed by atoms with Crippen molar-refractivity contribution in [2.24, 2.45) is 11.3 Å². The molecule has 0 amide bonds. The zero-order chi connectivity index (χ0) is 24.2. The van der Waals surface area contributed by atoms with Crippen molar-refractivity contribution in [1.82, 2.24) is 10.3 Å². The van der Waals surface area contributed by atoms with Crippen molar-refractivity contribution < 1.29 is 14.3 Å². The number of carbonyl (C=O) groups is 1. The number of piperidine rings is 1. The highest BCUT2D eigenvalue weighted by Gasteiger charge is 2.66. The van der Waals surface area contributed by atoms with Crippen LogP contribution >= 0.6 is 11.3 Å². The van der Waals surface area contributed by atoms with E-state index in [-0.39, 0.29) is 11.4 Å². The Hall–Kier alpha value is -2.90. The van der Waals surface area contributed by atoms with Gasteiger partial charge in [0.25, 0.3) is 0 Å². The van der Waals surface area contributed by atoms with Crippen LogP contribution in [0.4, 0.5) is 5.13 Å². The minimum atomic E-state index is -0.318. The molecule has 2 aromatic carbocycles. The summed E-state index contributed by atoms with van der Waals surface area (Å²) >= 11 is 1.63. The SMILES string of the molecule is COC(=O)[C@]12C[C@H]1CN(c1nc(-c3cccc(C)c3OCc3ccc4c(c3C)CCNC4)cs1)C2. The summed E-state index contributed by atoms with van der Waals surface area (Å²) in [6.07, 6.45) is 2.00. The van der Waals surface area contributed by atoms with E-state index >= 15 is 0 Å². The number of methoxy groups -OCH3 is 1. The number of aromatic nitrogens is 1. The Labute approximate surface area is 210 Å². The molecule has 3 heterocycles. The normalized spacial score (nSPS) is 22.5. The number of rotatable bonds is 6. The van der Waals surface area contributed by atoms with Gasteiger partial charge in [0, 0.05) is 30.6 Å². The Balaban J connectivity index is 1.23. The first-order valence-corrected chi connectivity index (χ1v) is 13.2. The first-order chi connectivity index (χ1) is 17.0. The lowest BCUT2D eigenvalue weighted by Crippen LogP contribution is -2.29. The molecule has 0 radical (unpaired) electrons. The summed E-state index contributed by atoms with van der Waals surface area (Å²) in [6, 6.07) is 10.7. The average molecular weight is 490 g/mol. The number of esters is 1. The number of fused-ring (bicyclic) bond motifs is 2. The summed E-state index contributed by atoms with van der Waals surface area (Å²) < 4.78 is 11.5. The summed E-state index contributed by atoms with van der Waals surface area (Å²) in [6.45, 7) is 8.39. The fraction of sp³-hybridized carbons (Fsp3) is 0.429. The van der Waals surface area contributed by atoms with E-state index in [4.69, 9.17) is 14.5 Å². The quantitative estimate of drug-likeness (QED) is 0.509. The highest BCUT2D eigenvalue weighted by Crippen LogP contribution is 2.59. The van der Waals surface area contributed by atoms with Gasteiger partial charge in [0.2, 0.25) is 0 Å². The maximum atomic E-state index is 12.3. The Morgan fingerprint density at radius 2 is 2.17 bits per heavy atom. The molecular formula is C28H31N3O3S. The molecule has 35 heavy (non-hydrogen) atoms. The van der Waals surface area contributed by atoms with Crippen molar-refractivity contribution in [3.63, 3.8) is 0 Å². The van der Waals surface area contributed by atoms with Crippen LogP contribution in [0.1, 0.15) is 34.2 Å². The molecule has 2 fully saturated rings. The number of hydrogen-bond donors (Lipinski definition) is 1. The molecule has 6 nitrogen and oxygen atoms in total. The summed E-state index contributed by atoms with van der Waals surface area (Å²) in [7, 11) is 1.48. The molecule has 3 aromatic rings. The van der Waals surface area contributed by atoms with E-state index < -0.39 is 0 Å². The summed E-state index contributed by atoms with van der Waals surface area (Å²) in [5.74, 6) is 1.19. The van der Waals surface area contributed by atoms with Gasteiger partial charge in [-0.05, 0) is 73.0 Å². The van der Waals surface area contributed by atoms with Gasteiger partial charge in [-0.1, -0.05) is 24.3 Å². The molecule has 182 valence electrons. The lowest BCUT2D eigenvalue weighted by Gasteiger charge is -2.22. The zero-order valence-corrected chi connectivity index (χ0v) is 21.3. The van der Waals surface area contributed by atoms with Crippen LogP contribution in [0.3, 0.4) is 0 Å². The number of anilines is 1. The van der Waals surface area contributed by atoms with Gasteiger partial charge in [-0.15, -0.1) is 11.3 Å². The molecule has 0 bridgehead atoms. The summed E-state index contributed by atoms with van der Waals surface area (Å²) in [5.41, 5.74) is 8.17. The number of para-hydroxylation sites is 1. The van der Waals surface area contributed by atoms with Gasteiger partial charge < -0.3 is 19.7 Å². The molecule has 1 saturated carbocycles. The van der Waals surface area contributed by atoms with Crippen LogP contribution in [-0.4, -0.2) is 37.7 Å². The maximum Gasteiger partial charge on any atom is 0.313 e. The summed E-state index contributed by atoms with van der Waals surface area (Å²) in [5, 5.41) is 6.51. The van der Waals surface area contributed by atoms with E-state index in [9.17, 15) is 4.79 Å². The Bertz CT molecular complexity index is 1300. The van der Waals surface area contributed by atoms with E-state index in [1.807, 2.05) is 0 Å². The molecule has 7 heteroatoms. The largest absolute Gasteiger partial charge is 0.488 e. The lowest BCUT2D eigenvalue weighted by atomic mass is 9.93. The second-order valence-corrected chi connectivity index (χ2v) is 10.9. The van der Waals surface area contributed by atoms with Crippen LogP contribution in [0.2, 0.25) is 0 Å². The third kappa shape index (κ3) is 3.81. The molecule has 2 atom stereocenters. The van der Waals surface area contributed by atoms with Crippen LogP contribution in [-0.2, 0) is 29.1 Å². The minimum Gasteiger partial charge on any atom is -0.488 e. The number of hydrogen-bond acceptors (Lipinski definition) is 7. The maximum absolute atomic E-state index is 12.3. The molecule has 1 saturated heterocycles. The zero-order valence-electron chi connectivity index (χ0n) is 20.5. The van der Waals surface area contributed by atoms with Gasteiger partial charge in [0.15, 0.2) is 5.13 Å². The standard InChI is InChI=1S/C28H31N3O3S/c1-17-5-4-6-23(25(17)34-14-20-8-7-19-12-29-10-9-22(19)18(20)2)24-15-35-27(30-24)31-13-21-11-28(21,16-31)26(32)33-3/h4-8,15,21,29H,9-14,16H2,1-3H3/t21-,28-/m0/s1. The van der Waals surface area contributed by atoms with Crippen molar-refractivity contribution in [3.8, 4) is 17.0 Å². The predicted molar refractivity (Wildman–Crippen MR) is 138 cm³/mol. The molecule has 2 aliphatic heterocycles. The molecule has 0 unspecified atom stereocenters. The Kier molecular flexibility index (Phi) is 5.57. The molecule has 6 rings (SSSR count).